The standard InChI is InChI=1S/C29H27ClF3N3O4.C3H8O.C2H5NOS/c1-16(34)17-10-19(13-21(11-17)38-2)35-26(22-6-4-18(30)12-25(22)39-3)27(37)36-15-28(8-9-28)23-7-5-20(14-24(23)36)40-29(31,32)33;1-3(2)4;1-5-3-2-4/h4-7,10-14,26,34-35H,8-9,15H2,1-3H3;3-4H,1-2H3;2H,1H3,(H,3,4). The molecular weight excluding hydrogens is 685 g/mol. The lowest BCUT2D eigenvalue weighted by Gasteiger charge is -2.28. The monoisotopic (exact) mass is 724 g/mol. The van der Waals surface area contributed by atoms with Gasteiger partial charge in [-0.2, -0.15) is 0 Å². The van der Waals surface area contributed by atoms with Crippen molar-refractivity contribution in [3.8, 4) is 17.2 Å². The average Bonchev–Trinajstić information content (AvgIpc) is 3.74. The molecule has 15 heteroatoms. The number of hydrogen-bond acceptors (Lipinski definition) is 9. The number of amides is 2. The molecule has 10 nitrogen and oxygen atoms in total. The highest BCUT2D eigenvalue weighted by atomic mass is 35.5. The fraction of sp³-hybridized carbons (Fsp3) is 0.382. The fourth-order valence-electron chi connectivity index (χ4n) is 5.21. The lowest BCUT2D eigenvalue weighted by atomic mass is 9.99. The molecule has 3 aromatic rings. The molecule has 266 valence electrons. The van der Waals surface area contributed by atoms with Crippen LogP contribution in [0.2, 0.25) is 5.02 Å². The van der Waals surface area contributed by atoms with Crippen molar-refractivity contribution < 1.29 is 42.1 Å². The summed E-state index contributed by atoms with van der Waals surface area (Å²) in [6.07, 6.45) is -0.956. The second kappa shape index (κ2) is 17.0. The Morgan fingerprint density at radius 2 is 1.76 bits per heavy atom. The van der Waals surface area contributed by atoms with Gasteiger partial charge in [-0.15, -0.1) is 13.2 Å². The van der Waals surface area contributed by atoms with Crippen LogP contribution in [0.3, 0.4) is 0 Å². The van der Waals surface area contributed by atoms with Crippen LogP contribution in [0.4, 0.5) is 24.5 Å². The van der Waals surface area contributed by atoms with Crippen molar-refractivity contribution in [2.45, 2.75) is 57.5 Å². The van der Waals surface area contributed by atoms with E-state index in [0.29, 0.717) is 57.7 Å². The molecule has 3 aromatic carbocycles. The van der Waals surface area contributed by atoms with Crippen molar-refractivity contribution in [3.63, 3.8) is 0 Å². The van der Waals surface area contributed by atoms with Crippen molar-refractivity contribution in [3.05, 3.63) is 76.3 Å². The average molecular weight is 725 g/mol. The molecule has 0 radical (unpaired) electrons. The molecule has 49 heavy (non-hydrogen) atoms. The molecule has 1 saturated carbocycles. The summed E-state index contributed by atoms with van der Waals surface area (Å²) in [4.78, 5) is 25.2. The maximum absolute atomic E-state index is 14.4. The van der Waals surface area contributed by atoms with Crippen LogP contribution in [0, 0.1) is 5.41 Å². The van der Waals surface area contributed by atoms with Gasteiger partial charge in [0.1, 0.15) is 23.3 Å². The van der Waals surface area contributed by atoms with Crippen molar-refractivity contribution in [1.29, 1.82) is 5.41 Å². The number of benzene rings is 3. The van der Waals surface area contributed by atoms with Gasteiger partial charge >= 0.3 is 6.36 Å². The number of carbonyl (C=O) groups is 2. The Labute approximate surface area is 292 Å². The van der Waals surface area contributed by atoms with E-state index in [9.17, 15) is 22.8 Å². The molecule has 1 aliphatic carbocycles. The molecule has 1 spiro atoms. The maximum Gasteiger partial charge on any atom is 0.573 e. The lowest BCUT2D eigenvalue weighted by molar-refractivity contribution is -0.274. The van der Waals surface area contributed by atoms with Gasteiger partial charge < -0.3 is 39.7 Å². The third-order valence-corrected chi connectivity index (χ3v) is 8.02. The van der Waals surface area contributed by atoms with E-state index < -0.39 is 24.1 Å². The van der Waals surface area contributed by atoms with Gasteiger partial charge in [0.2, 0.25) is 6.41 Å². The van der Waals surface area contributed by atoms with E-state index in [2.05, 4.69) is 14.8 Å². The quantitative estimate of drug-likeness (QED) is 0.0975. The summed E-state index contributed by atoms with van der Waals surface area (Å²) in [6.45, 7) is 5.41. The second-order valence-electron chi connectivity index (χ2n) is 11.5. The number of nitrogens with zero attached hydrogens (tertiary/aromatic N) is 1. The lowest BCUT2D eigenvalue weighted by Crippen LogP contribution is -2.38. The SMILES string of the molecule is CC(C)O.COc1cc(NC(C(=O)N2CC3(CC3)c3ccc(OC(F)(F)F)cc32)c2ccc(Cl)cc2OC)cc(C(C)=N)c1.CSNC=O. The highest BCUT2D eigenvalue weighted by Gasteiger charge is 2.54. The zero-order valence-corrected chi connectivity index (χ0v) is 29.5. The van der Waals surface area contributed by atoms with E-state index in [1.54, 1.807) is 69.5 Å². The minimum atomic E-state index is -4.86. The molecule has 1 fully saturated rings. The van der Waals surface area contributed by atoms with Gasteiger partial charge in [-0.3, -0.25) is 9.59 Å². The van der Waals surface area contributed by atoms with Gasteiger partial charge in [-0.25, -0.2) is 0 Å². The van der Waals surface area contributed by atoms with Crippen LogP contribution in [0.5, 0.6) is 17.2 Å². The minimum absolute atomic E-state index is 0.167. The molecule has 0 saturated heterocycles. The number of halogens is 4. The van der Waals surface area contributed by atoms with Gasteiger partial charge in [0.15, 0.2) is 0 Å². The fourth-order valence-corrected chi connectivity index (χ4v) is 5.47. The van der Waals surface area contributed by atoms with Crippen molar-refractivity contribution in [1.82, 2.24) is 4.72 Å². The zero-order valence-electron chi connectivity index (χ0n) is 27.9. The van der Waals surface area contributed by atoms with Crippen molar-refractivity contribution in [2.75, 3.05) is 37.2 Å². The number of aliphatic hydroxyl groups excluding tert-OH is 1. The van der Waals surface area contributed by atoms with E-state index in [1.807, 2.05) is 0 Å². The number of anilines is 2. The Morgan fingerprint density at radius 3 is 2.27 bits per heavy atom. The predicted octanol–water partition coefficient (Wildman–Crippen LogP) is 7.27. The summed E-state index contributed by atoms with van der Waals surface area (Å²) in [5, 5.41) is 19.8. The number of hydrogen-bond donors (Lipinski definition) is 4. The van der Waals surface area contributed by atoms with Crippen LogP contribution >= 0.6 is 23.5 Å². The third kappa shape index (κ3) is 10.7. The smallest absolute Gasteiger partial charge is 0.497 e. The van der Waals surface area contributed by atoms with Crippen molar-refractivity contribution in [2.24, 2.45) is 0 Å². The molecule has 1 heterocycles. The van der Waals surface area contributed by atoms with Gasteiger partial charge in [-0.05, 0) is 69.5 Å². The van der Waals surface area contributed by atoms with Crippen molar-refractivity contribution >= 4 is 53.0 Å². The molecule has 4 N–H and O–H groups in total. The Bertz CT molecular complexity index is 1640. The van der Waals surface area contributed by atoms with Crippen LogP contribution in [-0.4, -0.2) is 62.6 Å². The molecule has 0 bridgehead atoms. The Morgan fingerprint density at radius 1 is 1.08 bits per heavy atom. The topological polar surface area (TPSA) is 133 Å². The Kier molecular flexibility index (Phi) is 13.6. The maximum atomic E-state index is 14.4. The second-order valence-corrected chi connectivity index (χ2v) is 12.6. The highest BCUT2D eigenvalue weighted by Crippen LogP contribution is 2.57. The molecule has 1 atom stereocenters. The number of carbonyl (C=O) groups excluding carboxylic acids is 2. The first-order valence-corrected chi connectivity index (χ1v) is 16.6. The van der Waals surface area contributed by atoms with E-state index in [0.717, 1.165) is 18.4 Å². The Hall–Kier alpha value is -4.14. The molecule has 0 aromatic heterocycles. The van der Waals surface area contributed by atoms with Gasteiger partial charge in [-0.1, -0.05) is 35.7 Å². The Balaban J connectivity index is 0.000000643. The predicted molar refractivity (Wildman–Crippen MR) is 186 cm³/mol. The zero-order chi connectivity index (χ0) is 36.5. The number of alkyl halides is 3. The van der Waals surface area contributed by atoms with Crippen LogP contribution < -0.4 is 29.1 Å². The summed E-state index contributed by atoms with van der Waals surface area (Å²) >= 11 is 7.49. The summed E-state index contributed by atoms with van der Waals surface area (Å²) in [5.74, 6) is 0.0534. The molecule has 1 unspecified atom stereocenters. The number of fused-ring (bicyclic) bond motifs is 2. The summed E-state index contributed by atoms with van der Waals surface area (Å²) in [6, 6.07) is 13.2. The van der Waals surface area contributed by atoms with Crippen LogP contribution in [0.1, 0.15) is 56.3 Å². The highest BCUT2D eigenvalue weighted by molar-refractivity contribution is 7.97. The van der Waals surface area contributed by atoms with E-state index >= 15 is 0 Å². The van der Waals surface area contributed by atoms with Gasteiger partial charge in [0, 0.05) is 64.0 Å². The molecule has 2 aliphatic rings. The molecular formula is C34H40ClF3N4O6S. The number of nitrogens with one attached hydrogen (secondary N) is 3. The minimum Gasteiger partial charge on any atom is -0.497 e. The normalized spacial score (nSPS) is 14.3. The number of rotatable bonds is 10. The number of methoxy groups -OCH3 is 2. The van der Waals surface area contributed by atoms with E-state index in [-0.39, 0.29) is 11.5 Å². The summed E-state index contributed by atoms with van der Waals surface area (Å²) in [7, 11) is 2.97. The molecule has 1 aliphatic heterocycles. The van der Waals surface area contributed by atoms with Gasteiger partial charge in [0.25, 0.3) is 5.91 Å². The molecule has 2 amide bonds. The largest absolute Gasteiger partial charge is 0.573 e. The van der Waals surface area contributed by atoms with Gasteiger partial charge in [0.05, 0.1) is 19.9 Å². The number of ether oxygens (including phenoxy) is 3. The first-order valence-electron chi connectivity index (χ1n) is 15.0. The summed E-state index contributed by atoms with van der Waals surface area (Å²) < 4.78 is 56.5. The summed E-state index contributed by atoms with van der Waals surface area (Å²) in [5.41, 5.74) is 2.78. The number of aliphatic hydroxyl groups is 1. The van der Waals surface area contributed by atoms with E-state index in [4.69, 9.17) is 31.6 Å². The molecule has 5 rings (SSSR count). The first kappa shape index (κ1) is 39.3. The van der Waals surface area contributed by atoms with Crippen LogP contribution in [0.25, 0.3) is 0 Å². The van der Waals surface area contributed by atoms with Crippen LogP contribution in [0.15, 0.2) is 54.6 Å². The third-order valence-electron chi connectivity index (χ3n) is 7.45. The first-order chi connectivity index (χ1) is 23.1. The van der Waals surface area contributed by atoms with Crippen LogP contribution in [-0.2, 0) is 15.0 Å². The van der Waals surface area contributed by atoms with E-state index in [1.165, 1.54) is 43.2 Å².